The standard InChI is InChI=1S/C18H23ClSi/c1-11-7-13(3)17(14(4)8-11)20(19)18-15(5)9-12(2)10-16(18)6/h7-10,20H,1-6H3. The van der Waals surface area contributed by atoms with Gasteiger partial charge in [0.1, 0.15) is 0 Å². The molecule has 0 N–H and O–H groups in total. The van der Waals surface area contributed by atoms with Crippen LogP contribution < -0.4 is 10.4 Å². The van der Waals surface area contributed by atoms with E-state index in [0.29, 0.717) is 0 Å². The molecule has 0 aliphatic carbocycles. The van der Waals surface area contributed by atoms with E-state index in [1.165, 1.54) is 43.8 Å². The highest BCUT2D eigenvalue weighted by Crippen LogP contribution is 2.13. The Labute approximate surface area is 129 Å². The van der Waals surface area contributed by atoms with Crippen LogP contribution in [0.4, 0.5) is 0 Å². The predicted octanol–water partition coefficient (Wildman–Crippen LogP) is 3.61. The molecular formula is C18H23ClSi. The van der Waals surface area contributed by atoms with Crippen molar-refractivity contribution in [2.45, 2.75) is 41.5 Å². The Hall–Kier alpha value is -1.05. The summed E-state index contributed by atoms with van der Waals surface area (Å²) in [6.07, 6.45) is 0. The quantitative estimate of drug-likeness (QED) is 0.587. The third-order valence-electron chi connectivity index (χ3n) is 3.98. The SMILES string of the molecule is Cc1cc(C)c([SiH](Cl)c2c(C)cc(C)cc2C)c(C)c1. The maximum absolute atomic E-state index is 7.00. The summed E-state index contributed by atoms with van der Waals surface area (Å²) in [6, 6.07) is 9.01. The molecule has 0 bridgehead atoms. The molecule has 0 atom stereocenters. The highest BCUT2D eigenvalue weighted by molar-refractivity contribution is 7.21. The molecule has 2 aromatic rings. The second-order valence-electron chi connectivity index (χ2n) is 5.99. The molecule has 2 heteroatoms. The summed E-state index contributed by atoms with van der Waals surface area (Å²) >= 11 is 7.00. The van der Waals surface area contributed by atoms with Crippen LogP contribution in [-0.2, 0) is 0 Å². The monoisotopic (exact) mass is 302 g/mol. The minimum absolute atomic E-state index is 1.32. The molecule has 0 saturated heterocycles. The van der Waals surface area contributed by atoms with E-state index in [1.54, 1.807) is 0 Å². The molecular weight excluding hydrogens is 280 g/mol. The molecule has 0 aliphatic rings. The van der Waals surface area contributed by atoms with Gasteiger partial charge in [-0.2, -0.15) is 11.1 Å². The molecule has 0 saturated carbocycles. The molecule has 0 heterocycles. The Balaban J connectivity index is 2.61. The number of hydrogen-bond donors (Lipinski definition) is 0. The van der Waals surface area contributed by atoms with Crippen LogP contribution in [0.3, 0.4) is 0 Å². The minimum Gasteiger partial charge on any atom is -0.159 e. The molecule has 2 aromatic carbocycles. The molecule has 0 spiro atoms. The first kappa shape index (κ1) is 15.3. The molecule has 0 fully saturated rings. The first-order valence-electron chi connectivity index (χ1n) is 7.10. The first-order valence-corrected chi connectivity index (χ1v) is 10.0. The van der Waals surface area contributed by atoms with Crippen molar-refractivity contribution in [2.75, 3.05) is 0 Å². The summed E-state index contributed by atoms with van der Waals surface area (Å²) < 4.78 is 0. The predicted molar refractivity (Wildman–Crippen MR) is 93.6 cm³/mol. The largest absolute Gasteiger partial charge is 0.203 e. The average Bonchev–Trinajstić information content (AvgIpc) is 2.25. The van der Waals surface area contributed by atoms with Crippen LogP contribution in [0.15, 0.2) is 24.3 Å². The summed E-state index contributed by atoms with van der Waals surface area (Å²) in [7, 11) is -1.65. The highest BCUT2D eigenvalue weighted by Gasteiger charge is 2.21. The summed E-state index contributed by atoms with van der Waals surface area (Å²) in [4.78, 5) is 0. The average molecular weight is 303 g/mol. The van der Waals surface area contributed by atoms with Crippen molar-refractivity contribution in [2.24, 2.45) is 0 Å². The number of halogens is 1. The molecule has 106 valence electrons. The summed E-state index contributed by atoms with van der Waals surface area (Å²) in [5, 5.41) is 2.79. The maximum atomic E-state index is 7.00. The van der Waals surface area contributed by atoms with E-state index >= 15 is 0 Å². The van der Waals surface area contributed by atoms with Crippen LogP contribution in [-0.4, -0.2) is 8.11 Å². The molecule has 0 unspecified atom stereocenters. The minimum atomic E-state index is -1.65. The van der Waals surface area contributed by atoms with Gasteiger partial charge in [0.15, 0.2) is 0 Å². The Morgan fingerprint density at radius 1 is 0.600 bits per heavy atom. The zero-order valence-electron chi connectivity index (χ0n) is 13.3. The van der Waals surface area contributed by atoms with Crippen LogP contribution in [0.1, 0.15) is 33.4 Å². The molecule has 20 heavy (non-hydrogen) atoms. The van der Waals surface area contributed by atoms with Crippen molar-refractivity contribution >= 4 is 29.6 Å². The van der Waals surface area contributed by atoms with Gasteiger partial charge in [0.05, 0.1) is 0 Å². The highest BCUT2D eigenvalue weighted by atomic mass is 35.6. The van der Waals surface area contributed by atoms with Gasteiger partial charge in [0.2, 0.25) is 8.11 Å². The van der Waals surface area contributed by atoms with Gasteiger partial charge in [-0.15, -0.1) is 0 Å². The first-order chi connectivity index (χ1) is 9.31. The van der Waals surface area contributed by atoms with Crippen molar-refractivity contribution in [3.8, 4) is 0 Å². The van der Waals surface area contributed by atoms with Gasteiger partial charge < -0.3 is 0 Å². The van der Waals surface area contributed by atoms with Crippen LogP contribution in [0.2, 0.25) is 0 Å². The third-order valence-corrected chi connectivity index (χ3v) is 8.13. The normalized spacial score (nSPS) is 11.2. The fourth-order valence-electron chi connectivity index (χ4n) is 3.33. The number of aryl methyl sites for hydroxylation is 6. The van der Waals surface area contributed by atoms with Gasteiger partial charge in [-0.3, -0.25) is 0 Å². The zero-order valence-corrected chi connectivity index (χ0v) is 15.2. The Kier molecular flexibility index (Phi) is 4.41. The van der Waals surface area contributed by atoms with Crippen molar-refractivity contribution in [1.82, 2.24) is 0 Å². The Morgan fingerprint density at radius 3 is 1.10 bits per heavy atom. The van der Waals surface area contributed by atoms with E-state index in [9.17, 15) is 0 Å². The summed E-state index contributed by atoms with van der Waals surface area (Å²) in [5.41, 5.74) is 8.00. The van der Waals surface area contributed by atoms with Crippen molar-refractivity contribution in [1.29, 1.82) is 0 Å². The topological polar surface area (TPSA) is 0 Å². The van der Waals surface area contributed by atoms with Crippen LogP contribution in [0.25, 0.3) is 0 Å². The fraction of sp³-hybridized carbons (Fsp3) is 0.333. The van der Waals surface area contributed by atoms with Crippen LogP contribution in [0, 0.1) is 41.5 Å². The number of hydrogen-bond acceptors (Lipinski definition) is 0. The summed E-state index contributed by atoms with van der Waals surface area (Å²) in [5.74, 6) is 0. The van der Waals surface area contributed by atoms with Gasteiger partial charge >= 0.3 is 0 Å². The molecule has 0 aliphatic heterocycles. The molecule has 0 amide bonds. The Morgan fingerprint density at radius 2 is 0.850 bits per heavy atom. The van der Waals surface area contributed by atoms with Crippen molar-refractivity contribution < 1.29 is 0 Å². The van der Waals surface area contributed by atoms with Gasteiger partial charge in [-0.05, 0) is 74.2 Å². The second-order valence-corrected chi connectivity index (χ2v) is 9.18. The molecule has 0 aromatic heterocycles. The van der Waals surface area contributed by atoms with E-state index in [-0.39, 0.29) is 0 Å². The lowest BCUT2D eigenvalue weighted by molar-refractivity contribution is 1.34. The van der Waals surface area contributed by atoms with Crippen LogP contribution in [0.5, 0.6) is 0 Å². The van der Waals surface area contributed by atoms with Gasteiger partial charge in [-0.1, -0.05) is 35.4 Å². The van der Waals surface area contributed by atoms with E-state index < -0.39 is 8.11 Å². The third kappa shape index (κ3) is 2.84. The van der Waals surface area contributed by atoms with Crippen LogP contribution >= 0.6 is 11.1 Å². The molecule has 2 rings (SSSR count). The van der Waals surface area contributed by atoms with Crippen molar-refractivity contribution in [3.05, 3.63) is 57.6 Å². The lowest BCUT2D eigenvalue weighted by Gasteiger charge is -2.20. The fourth-order valence-corrected chi connectivity index (χ4v) is 7.61. The van der Waals surface area contributed by atoms with Crippen molar-refractivity contribution in [3.63, 3.8) is 0 Å². The molecule has 0 nitrogen and oxygen atoms in total. The Bertz CT molecular complexity index is 555. The smallest absolute Gasteiger partial charge is 0.159 e. The lowest BCUT2D eigenvalue weighted by atomic mass is 10.1. The van der Waals surface area contributed by atoms with E-state index in [1.807, 2.05) is 0 Å². The zero-order chi connectivity index (χ0) is 15.0. The van der Waals surface area contributed by atoms with E-state index in [4.69, 9.17) is 11.1 Å². The second kappa shape index (κ2) is 5.75. The maximum Gasteiger partial charge on any atom is 0.203 e. The van der Waals surface area contributed by atoms with Gasteiger partial charge in [0.25, 0.3) is 0 Å². The number of benzene rings is 2. The lowest BCUT2D eigenvalue weighted by Crippen LogP contribution is -2.43. The number of rotatable bonds is 2. The van der Waals surface area contributed by atoms with Gasteiger partial charge in [-0.25, -0.2) is 0 Å². The van der Waals surface area contributed by atoms with E-state index in [2.05, 4.69) is 65.8 Å². The molecule has 0 radical (unpaired) electrons. The van der Waals surface area contributed by atoms with Gasteiger partial charge in [0, 0.05) is 0 Å². The summed E-state index contributed by atoms with van der Waals surface area (Å²) in [6.45, 7) is 13.1. The van der Waals surface area contributed by atoms with E-state index in [0.717, 1.165) is 0 Å².